The first-order valence-corrected chi connectivity index (χ1v) is 10.3. The third kappa shape index (κ3) is 5.80. The van der Waals surface area contributed by atoms with E-state index < -0.39 is 15.6 Å². The number of carbonyl (C=O) groups excluding carboxylic acids is 1. The van der Waals surface area contributed by atoms with E-state index in [1.165, 1.54) is 4.90 Å². The van der Waals surface area contributed by atoms with Crippen molar-refractivity contribution in [1.82, 2.24) is 4.72 Å². The molecule has 0 spiro atoms. The molecule has 0 radical (unpaired) electrons. The average molecular weight is 370 g/mol. The number of quaternary nitrogens is 1. The number of ether oxygens (including phenoxy) is 1. The first-order chi connectivity index (χ1) is 11.7. The monoisotopic (exact) mass is 369 g/mol. The number of rotatable bonds is 7. The van der Waals surface area contributed by atoms with E-state index in [0.717, 1.165) is 25.9 Å². The van der Waals surface area contributed by atoms with Crippen molar-refractivity contribution in [3.63, 3.8) is 0 Å². The highest BCUT2D eigenvalue weighted by atomic mass is 32.2. The van der Waals surface area contributed by atoms with Crippen LogP contribution in [0.15, 0.2) is 35.2 Å². The molecule has 2 rings (SSSR count). The van der Waals surface area contributed by atoms with Crippen molar-refractivity contribution < 1.29 is 22.8 Å². The summed E-state index contributed by atoms with van der Waals surface area (Å²) in [4.78, 5) is 13.4. The Hall–Kier alpha value is -1.44. The Morgan fingerprint density at radius 3 is 2.40 bits per heavy atom. The molecule has 1 fully saturated rings. The van der Waals surface area contributed by atoms with Crippen molar-refractivity contribution in [3.05, 3.63) is 30.3 Å². The van der Waals surface area contributed by atoms with E-state index in [9.17, 15) is 13.2 Å². The molecule has 0 saturated carbocycles. The maximum Gasteiger partial charge on any atom is 0.309 e. The second-order valence-corrected chi connectivity index (χ2v) is 8.94. The number of piperidine rings is 1. The highest BCUT2D eigenvalue weighted by molar-refractivity contribution is 7.89. The zero-order valence-electron chi connectivity index (χ0n) is 15.2. The lowest BCUT2D eigenvalue weighted by Gasteiger charge is -2.34. The molecule has 1 saturated heterocycles. The topological polar surface area (TPSA) is 76.9 Å². The molecule has 0 bridgehead atoms. The Kier molecular flexibility index (Phi) is 6.59. The second-order valence-electron chi connectivity index (χ2n) is 7.26. The van der Waals surface area contributed by atoms with Crippen molar-refractivity contribution in [1.29, 1.82) is 0 Å². The molecule has 1 heterocycles. The Balaban J connectivity index is 1.91. The fourth-order valence-electron chi connectivity index (χ4n) is 3.38. The molecule has 1 aromatic rings. The summed E-state index contributed by atoms with van der Waals surface area (Å²) in [7, 11) is -3.54. The van der Waals surface area contributed by atoms with Gasteiger partial charge in [0.25, 0.3) is 0 Å². The van der Waals surface area contributed by atoms with Gasteiger partial charge >= 0.3 is 5.97 Å². The molecule has 1 aliphatic heterocycles. The molecule has 0 aliphatic carbocycles. The van der Waals surface area contributed by atoms with Crippen LogP contribution in [0, 0.1) is 5.92 Å². The molecule has 1 aliphatic rings. The minimum absolute atomic E-state index is 0.0205. The van der Waals surface area contributed by atoms with Crippen LogP contribution in [0.2, 0.25) is 0 Å². The molecule has 140 valence electrons. The zero-order valence-corrected chi connectivity index (χ0v) is 16.1. The van der Waals surface area contributed by atoms with Crippen molar-refractivity contribution in [2.45, 2.75) is 44.0 Å². The lowest BCUT2D eigenvalue weighted by Crippen LogP contribution is -3.15. The van der Waals surface area contributed by atoms with Crippen molar-refractivity contribution in [2.75, 3.05) is 26.2 Å². The Morgan fingerprint density at radius 2 is 1.84 bits per heavy atom. The number of likely N-dealkylation sites (tertiary alicyclic amines) is 1. The minimum Gasteiger partial charge on any atom is -0.466 e. The summed E-state index contributed by atoms with van der Waals surface area (Å²) in [6.45, 7) is 8.41. The summed E-state index contributed by atoms with van der Waals surface area (Å²) in [5.74, 6) is -0.126. The first-order valence-electron chi connectivity index (χ1n) is 8.83. The number of esters is 1. The van der Waals surface area contributed by atoms with E-state index in [4.69, 9.17) is 4.74 Å². The Labute approximate surface area is 150 Å². The van der Waals surface area contributed by atoms with Crippen molar-refractivity contribution in [2.24, 2.45) is 5.92 Å². The van der Waals surface area contributed by atoms with Crippen LogP contribution in [-0.4, -0.2) is 46.2 Å². The smallest absolute Gasteiger partial charge is 0.309 e. The van der Waals surface area contributed by atoms with Gasteiger partial charge in [-0.3, -0.25) is 4.79 Å². The number of benzene rings is 1. The molecule has 0 unspecified atom stereocenters. The van der Waals surface area contributed by atoms with Gasteiger partial charge in [0.05, 0.1) is 42.6 Å². The van der Waals surface area contributed by atoms with Crippen LogP contribution in [0.5, 0.6) is 0 Å². The molecular weight excluding hydrogens is 340 g/mol. The molecule has 0 amide bonds. The SMILES string of the molecule is CCOC(=O)C1CC[NH+](CC(C)(C)NS(=O)(=O)c2ccccc2)CC1. The Morgan fingerprint density at radius 1 is 1.24 bits per heavy atom. The summed E-state index contributed by atoms with van der Waals surface area (Å²) in [5.41, 5.74) is -0.569. The van der Waals surface area contributed by atoms with Gasteiger partial charge in [0, 0.05) is 12.8 Å². The summed E-state index contributed by atoms with van der Waals surface area (Å²) < 4.78 is 32.9. The summed E-state index contributed by atoms with van der Waals surface area (Å²) in [6, 6.07) is 8.41. The van der Waals surface area contributed by atoms with Crippen LogP contribution >= 0.6 is 0 Å². The second kappa shape index (κ2) is 8.29. The maximum atomic E-state index is 12.5. The lowest BCUT2D eigenvalue weighted by atomic mass is 9.95. The van der Waals surface area contributed by atoms with Crippen LogP contribution in [0.4, 0.5) is 0 Å². The maximum absolute atomic E-state index is 12.5. The molecule has 25 heavy (non-hydrogen) atoms. The standard InChI is InChI=1S/C18H28N2O4S/c1-4-24-17(21)15-10-12-20(13-11-15)14-18(2,3)19-25(22,23)16-8-6-5-7-9-16/h5-9,15,19H,4,10-14H2,1-3H3/p+1. The number of sulfonamides is 1. The third-order valence-electron chi connectivity index (χ3n) is 4.47. The highest BCUT2D eigenvalue weighted by Crippen LogP contribution is 2.14. The van der Waals surface area contributed by atoms with Crippen LogP contribution in [0.1, 0.15) is 33.6 Å². The molecular formula is C18H29N2O4S+. The number of carbonyl (C=O) groups is 1. The number of nitrogens with one attached hydrogen (secondary N) is 2. The van der Waals surface area contributed by atoms with Crippen LogP contribution in [-0.2, 0) is 19.6 Å². The normalized spacial score (nSPS) is 21.7. The predicted octanol–water partition coefficient (Wildman–Crippen LogP) is 0.602. The number of hydrogen-bond acceptors (Lipinski definition) is 4. The molecule has 7 heteroatoms. The quantitative estimate of drug-likeness (QED) is 0.690. The fraction of sp³-hybridized carbons (Fsp3) is 0.611. The van der Waals surface area contributed by atoms with Gasteiger partial charge in [-0.05, 0) is 32.9 Å². The van der Waals surface area contributed by atoms with Crippen LogP contribution in [0.25, 0.3) is 0 Å². The molecule has 6 nitrogen and oxygen atoms in total. The molecule has 0 aromatic heterocycles. The molecule has 2 N–H and O–H groups in total. The van der Waals surface area contributed by atoms with E-state index in [-0.39, 0.29) is 16.8 Å². The van der Waals surface area contributed by atoms with Gasteiger partial charge in [0.2, 0.25) is 10.0 Å². The average Bonchev–Trinajstić information content (AvgIpc) is 2.55. The summed E-state index contributed by atoms with van der Waals surface area (Å²) in [5, 5.41) is 0. The molecule has 0 atom stereocenters. The van der Waals surface area contributed by atoms with E-state index in [0.29, 0.717) is 13.2 Å². The van der Waals surface area contributed by atoms with Gasteiger partial charge in [-0.1, -0.05) is 18.2 Å². The van der Waals surface area contributed by atoms with Crippen molar-refractivity contribution in [3.8, 4) is 0 Å². The fourth-order valence-corrected chi connectivity index (χ4v) is 4.81. The first kappa shape index (κ1) is 19.9. The highest BCUT2D eigenvalue weighted by Gasteiger charge is 2.34. The van der Waals surface area contributed by atoms with E-state index in [2.05, 4.69) is 4.72 Å². The molecule has 1 aromatic carbocycles. The minimum atomic E-state index is -3.54. The van der Waals surface area contributed by atoms with Crippen LogP contribution < -0.4 is 9.62 Å². The largest absolute Gasteiger partial charge is 0.466 e. The van der Waals surface area contributed by atoms with Crippen molar-refractivity contribution >= 4 is 16.0 Å². The number of hydrogen-bond donors (Lipinski definition) is 2. The van der Waals surface area contributed by atoms with E-state index >= 15 is 0 Å². The van der Waals surface area contributed by atoms with Gasteiger partial charge in [-0.25, -0.2) is 8.42 Å². The Bertz CT molecular complexity index is 666. The van der Waals surface area contributed by atoms with Gasteiger partial charge in [-0.2, -0.15) is 4.72 Å². The summed E-state index contributed by atoms with van der Waals surface area (Å²) in [6.07, 6.45) is 1.57. The third-order valence-corrected chi connectivity index (χ3v) is 6.18. The van der Waals surface area contributed by atoms with Gasteiger partial charge in [-0.15, -0.1) is 0 Å². The summed E-state index contributed by atoms with van der Waals surface area (Å²) >= 11 is 0. The van der Waals surface area contributed by atoms with E-state index in [1.54, 1.807) is 30.3 Å². The van der Waals surface area contributed by atoms with Crippen LogP contribution in [0.3, 0.4) is 0 Å². The van der Waals surface area contributed by atoms with Gasteiger partial charge in [0.1, 0.15) is 0 Å². The zero-order chi connectivity index (χ0) is 18.5. The van der Waals surface area contributed by atoms with E-state index in [1.807, 2.05) is 20.8 Å². The lowest BCUT2D eigenvalue weighted by molar-refractivity contribution is -0.909. The van der Waals surface area contributed by atoms with Gasteiger partial charge < -0.3 is 9.64 Å². The van der Waals surface area contributed by atoms with Gasteiger partial charge in [0.15, 0.2) is 0 Å². The predicted molar refractivity (Wildman–Crippen MR) is 95.8 cm³/mol.